The number of hydrogen-bond donors (Lipinski definition) is 1. The maximum atomic E-state index is 13.4. The van der Waals surface area contributed by atoms with Crippen LogP contribution in [0.1, 0.15) is 40.1 Å². The van der Waals surface area contributed by atoms with E-state index in [1.807, 2.05) is 0 Å². The zero-order chi connectivity index (χ0) is 27.5. The van der Waals surface area contributed by atoms with Gasteiger partial charge >= 0.3 is 6.18 Å². The highest BCUT2D eigenvalue weighted by molar-refractivity contribution is 7.90. The SMILES string of the molecule is COCC(C)n1cc(C(=O)NCc2ccc(S(C)(=O)=O)cc2)c(=O)c(-c2cccc(C(F)(F)F)c2)c1C. The monoisotopic (exact) mass is 536 g/mol. The second kappa shape index (κ2) is 10.9. The van der Waals surface area contributed by atoms with Gasteiger partial charge in [0.25, 0.3) is 5.91 Å². The number of pyridine rings is 1. The number of amides is 1. The van der Waals surface area contributed by atoms with Crippen LogP contribution in [0.25, 0.3) is 11.1 Å². The molecule has 0 aliphatic heterocycles. The minimum Gasteiger partial charge on any atom is -0.383 e. The zero-order valence-corrected chi connectivity index (χ0v) is 21.5. The Kier molecular flexibility index (Phi) is 8.28. The van der Waals surface area contributed by atoms with Gasteiger partial charge in [-0.1, -0.05) is 24.3 Å². The zero-order valence-electron chi connectivity index (χ0n) is 20.7. The highest BCUT2D eigenvalue weighted by Gasteiger charge is 2.31. The quantitative estimate of drug-likeness (QED) is 0.461. The van der Waals surface area contributed by atoms with Crippen molar-refractivity contribution in [3.05, 3.63) is 87.3 Å². The molecule has 0 spiro atoms. The van der Waals surface area contributed by atoms with E-state index >= 15 is 0 Å². The molecular weight excluding hydrogens is 509 g/mol. The van der Waals surface area contributed by atoms with E-state index in [2.05, 4.69) is 5.32 Å². The van der Waals surface area contributed by atoms with Crippen LogP contribution in [-0.2, 0) is 27.3 Å². The summed E-state index contributed by atoms with van der Waals surface area (Å²) >= 11 is 0. The number of ether oxygens (including phenoxy) is 1. The van der Waals surface area contributed by atoms with Crippen LogP contribution in [0.4, 0.5) is 13.2 Å². The molecule has 3 aromatic rings. The summed E-state index contributed by atoms with van der Waals surface area (Å²) in [6, 6.07) is 9.99. The van der Waals surface area contributed by atoms with Gasteiger partial charge in [0.1, 0.15) is 5.56 Å². The molecule has 1 heterocycles. The fourth-order valence-corrected chi connectivity index (χ4v) is 4.62. The van der Waals surface area contributed by atoms with Gasteiger partial charge in [-0.15, -0.1) is 0 Å². The Balaban J connectivity index is 2.04. The van der Waals surface area contributed by atoms with E-state index in [1.165, 1.54) is 37.6 Å². The summed E-state index contributed by atoms with van der Waals surface area (Å²) in [5, 5.41) is 2.63. The number of aromatic nitrogens is 1. The van der Waals surface area contributed by atoms with Crippen molar-refractivity contribution < 1.29 is 31.1 Å². The summed E-state index contributed by atoms with van der Waals surface area (Å²) in [6.07, 6.45) is -2.15. The predicted molar refractivity (Wildman–Crippen MR) is 133 cm³/mol. The van der Waals surface area contributed by atoms with Crippen molar-refractivity contribution in [3.8, 4) is 11.1 Å². The Morgan fingerprint density at radius 1 is 1.14 bits per heavy atom. The molecule has 0 aliphatic carbocycles. The number of rotatable bonds is 8. The number of sulfone groups is 1. The van der Waals surface area contributed by atoms with Crippen molar-refractivity contribution in [1.82, 2.24) is 9.88 Å². The first-order valence-corrected chi connectivity index (χ1v) is 13.1. The predicted octanol–water partition coefficient (Wildman–Crippen LogP) is 4.38. The van der Waals surface area contributed by atoms with Gasteiger partial charge in [0.15, 0.2) is 9.84 Å². The first-order valence-electron chi connectivity index (χ1n) is 11.2. The molecule has 0 bridgehead atoms. The van der Waals surface area contributed by atoms with Crippen molar-refractivity contribution >= 4 is 15.7 Å². The lowest BCUT2D eigenvalue weighted by Gasteiger charge is -2.22. The third kappa shape index (κ3) is 6.47. The summed E-state index contributed by atoms with van der Waals surface area (Å²) in [5.41, 5.74) is -0.842. The van der Waals surface area contributed by atoms with Gasteiger partial charge in [0, 0.05) is 37.4 Å². The van der Waals surface area contributed by atoms with E-state index in [-0.39, 0.29) is 40.8 Å². The third-order valence-corrected chi connectivity index (χ3v) is 7.03. The number of hydrogen-bond acceptors (Lipinski definition) is 5. The van der Waals surface area contributed by atoms with Crippen LogP contribution in [0.3, 0.4) is 0 Å². The molecule has 2 aromatic carbocycles. The number of halogens is 3. The van der Waals surface area contributed by atoms with E-state index in [0.29, 0.717) is 11.3 Å². The summed E-state index contributed by atoms with van der Waals surface area (Å²) in [4.78, 5) is 26.7. The van der Waals surface area contributed by atoms with Gasteiger partial charge in [-0.2, -0.15) is 13.2 Å². The average Bonchev–Trinajstić information content (AvgIpc) is 2.82. The lowest BCUT2D eigenvalue weighted by molar-refractivity contribution is -0.137. The van der Waals surface area contributed by atoms with Crippen LogP contribution in [-0.4, -0.2) is 38.9 Å². The van der Waals surface area contributed by atoms with Crippen molar-refractivity contribution in [1.29, 1.82) is 0 Å². The molecule has 3 rings (SSSR count). The summed E-state index contributed by atoms with van der Waals surface area (Å²) in [7, 11) is -1.89. The largest absolute Gasteiger partial charge is 0.416 e. The first kappa shape index (κ1) is 28.1. The average molecular weight is 537 g/mol. The van der Waals surface area contributed by atoms with Gasteiger partial charge in [-0.3, -0.25) is 9.59 Å². The molecule has 11 heteroatoms. The number of nitrogens with zero attached hydrogens (tertiary/aromatic N) is 1. The minimum absolute atomic E-state index is 0.00269. The molecule has 0 radical (unpaired) electrons. The van der Waals surface area contributed by atoms with Crippen LogP contribution in [0, 0.1) is 6.92 Å². The van der Waals surface area contributed by atoms with Crippen LogP contribution in [0.5, 0.6) is 0 Å². The Morgan fingerprint density at radius 3 is 2.35 bits per heavy atom. The van der Waals surface area contributed by atoms with Crippen molar-refractivity contribution in [2.24, 2.45) is 0 Å². The maximum absolute atomic E-state index is 13.4. The van der Waals surface area contributed by atoms with Crippen molar-refractivity contribution in [3.63, 3.8) is 0 Å². The summed E-state index contributed by atoms with van der Waals surface area (Å²) in [6.45, 7) is 3.64. The van der Waals surface area contributed by atoms with Crippen LogP contribution in [0.15, 0.2) is 64.4 Å². The molecule has 0 saturated carbocycles. The van der Waals surface area contributed by atoms with E-state index in [4.69, 9.17) is 4.74 Å². The van der Waals surface area contributed by atoms with E-state index < -0.39 is 32.9 Å². The highest BCUT2D eigenvalue weighted by Crippen LogP contribution is 2.32. The van der Waals surface area contributed by atoms with E-state index in [1.54, 1.807) is 30.5 Å². The fourth-order valence-electron chi connectivity index (χ4n) is 3.99. The molecule has 37 heavy (non-hydrogen) atoms. The van der Waals surface area contributed by atoms with Gasteiger partial charge in [-0.05, 0) is 49.2 Å². The van der Waals surface area contributed by atoms with E-state index in [9.17, 15) is 31.2 Å². The van der Waals surface area contributed by atoms with Crippen molar-refractivity contribution in [2.75, 3.05) is 20.0 Å². The lowest BCUT2D eigenvalue weighted by Crippen LogP contribution is -2.31. The summed E-state index contributed by atoms with van der Waals surface area (Å²) in [5.74, 6) is -0.719. The molecule has 1 unspecified atom stereocenters. The third-order valence-electron chi connectivity index (χ3n) is 5.90. The maximum Gasteiger partial charge on any atom is 0.416 e. The molecule has 1 atom stereocenters. The Hall–Kier alpha value is -3.44. The summed E-state index contributed by atoms with van der Waals surface area (Å²) < 4.78 is 70.2. The van der Waals surface area contributed by atoms with Gasteiger partial charge in [0.05, 0.1) is 23.1 Å². The number of methoxy groups -OCH3 is 1. The second-order valence-electron chi connectivity index (χ2n) is 8.72. The number of alkyl halides is 3. The van der Waals surface area contributed by atoms with Crippen LogP contribution < -0.4 is 10.7 Å². The molecular formula is C26H27F3N2O5S. The van der Waals surface area contributed by atoms with Crippen LogP contribution in [0.2, 0.25) is 0 Å². The fraction of sp³-hybridized carbons (Fsp3) is 0.308. The standard InChI is InChI=1S/C26H27F3N2O5S/c1-16(15-36-3)31-14-22(25(33)30-13-18-8-10-21(11-9-18)37(4,34)35)24(32)23(17(31)2)19-6-5-7-20(12-19)26(27,28)29/h5-12,14,16H,13,15H2,1-4H3,(H,30,33). The second-order valence-corrected chi connectivity index (χ2v) is 10.7. The lowest BCUT2D eigenvalue weighted by atomic mass is 9.98. The molecule has 1 N–H and O–H groups in total. The number of nitrogens with one attached hydrogen (secondary N) is 1. The molecule has 0 aliphatic rings. The smallest absolute Gasteiger partial charge is 0.383 e. The Bertz CT molecular complexity index is 1460. The van der Waals surface area contributed by atoms with Gasteiger partial charge in [-0.25, -0.2) is 8.42 Å². The Morgan fingerprint density at radius 2 is 1.78 bits per heavy atom. The first-order chi connectivity index (χ1) is 17.2. The molecule has 7 nitrogen and oxygen atoms in total. The van der Waals surface area contributed by atoms with Crippen LogP contribution >= 0.6 is 0 Å². The highest BCUT2D eigenvalue weighted by atomic mass is 32.2. The number of benzene rings is 2. The normalized spacial score (nSPS) is 12.8. The number of carbonyl (C=O) groups excluding carboxylic acids is 1. The minimum atomic E-state index is -4.60. The van der Waals surface area contributed by atoms with E-state index in [0.717, 1.165) is 18.4 Å². The molecule has 0 fully saturated rings. The van der Waals surface area contributed by atoms with Crippen molar-refractivity contribution in [2.45, 2.75) is 37.5 Å². The molecule has 1 amide bonds. The molecule has 198 valence electrons. The van der Waals surface area contributed by atoms with Gasteiger partial charge < -0.3 is 14.6 Å². The molecule has 0 saturated heterocycles. The topological polar surface area (TPSA) is 94.5 Å². The molecule has 1 aromatic heterocycles. The number of carbonyl (C=O) groups is 1. The Labute approximate surface area is 212 Å². The van der Waals surface area contributed by atoms with Gasteiger partial charge in [0.2, 0.25) is 5.43 Å².